The lowest BCUT2D eigenvalue weighted by Crippen LogP contribution is -2.43. The van der Waals surface area contributed by atoms with E-state index in [1.807, 2.05) is 53.4 Å². The summed E-state index contributed by atoms with van der Waals surface area (Å²) >= 11 is 1.62. The fourth-order valence-electron chi connectivity index (χ4n) is 3.98. The molecule has 0 bridgehead atoms. The summed E-state index contributed by atoms with van der Waals surface area (Å²) in [6.45, 7) is 3.88. The van der Waals surface area contributed by atoms with Crippen molar-refractivity contribution in [2.45, 2.75) is 43.9 Å². The van der Waals surface area contributed by atoms with E-state index in [9.17, 15) is 4.79 Å². The quantitative estimate of drug-likeness (QED) is 0.379. The van der Waals surface area contributed by atoms with Gasteiger partial charge in [-0.2, -0.15) is 0 Å². The summed E-state index contributed by atoms with van der Waals surface area (Å²) in [7, 11) is 1.65. The predicted octanol–water partition coefficient (Wildman–Crippen LogP) is 4.62. The zero-order valence-electron chi connectivity index (χ0n) is 18.1. The Balaban J connectivity index is 1.42. The van der Waals surface area contributed by atoms with Crippen molar-refractivity contribution in [2.75, 3.05) is 26.0 Å². The highest BCUT2D eigenvalue weighted by Gasteiger charge is 2.24. The van der Waals surface area contributed by atoms with Crippen LogP contribution in [0.3, 0.4) is 0 Å². The molecule has 4 rings (SSSR count). The standard InChI is InChI=1S/C24H29N3O3S/c1-18-7-5-6-14-26(18)23(28)17-27-22-9-4-3-8-21(22)25-24(27)31-16-15-30-20-12-10-19(29-2)11-13-20/h3-4,8-13,18H,5-7,14-17H2,1-2H3/t18-/m0/s1. The third-order valence-electron chi connectivity index (χ3n) is 5.68. The van der Waals surface area contributed by atoms with E-state index in [4.69, 9.17) is 14.5 Å². The van der Waals surface area contributed by atoms with Gasteiger partial charge >= 0.3 is 0 Å². The fourth-order valence-corrected chi connectivity index (χ4v) is 4.81. The summed E-state index contributed by atoms with van der Waals surface area (Å²) in [6.07, 6.45) is 3.38. The van der Waals surface area contributed by atoms with Crippen LogP contribution in [0.2, 0.25) is 0 Å². The molecule has 0 saturated carbocycles. The molecule has 0 spiro atoms. The molecule has 0 aliphatic carbocycles. The lowest BCUT2D eigenvalue weighted by Gasteiger charge is -2.33. The zero-order valence-corrected chi connectivity index (χ0v) is 18.9. The topological polar surface area (TPSA) is 56.6 Å². The number of hydrogen-bond donors (Lipinski definition) is 0. The van der Waals surface area contributed by atoms with Gasteiger partial charge in [-0.3, -0.25) is 4.79 Å². The minimum Gasteiger partial charge on any atom is -0.497 e. The SMILES string of the molecule is COc1ccc(OCCSc2nc3ccccc3n2CC(=O)N2CCCC[C@@H]2C)cc1. The van der Waals surface area contributed by atoms with Gasteiger partial charge in [-0.05, 0) is 62.6 Å². The molecule has 1 fully saturated rings. The second-order valence-electron chi connectivity index (χ2n) is 7.77. The lowest BCUT2D eigenvalue weighted by molar-refractivity contribution is -0.135. The molecule has 164 valence electrons. The van der Waals surface area contributed by atoms with E-state index < -0.39 is 0 Å². The Labute approximate surface area is 187 Å². The van der Waals surface area contributed by atoms with E-state index >= 15 is 0 Å². The first-order valence-corrected chi connectivity index (χ1v) is 11.8. The number of likely N-dealkylation sites (tertiary alicyclic amines) is 1. The number of carbonyl (C=O) groups excluding carboxylic acids is 1. The zero-order chi connectivity index (χ0) is 21.6. The second kappa shape index (κ2) is 10.1. The third kappa shape index (κ3) is 5.15. The number of rotatable bonds is 8. The van der Waals surface area contributed by atoms with E-state index in [1.54, 1.807) is 18.9 Å². The van der Waals surface area contributed by atoms with Crippen LogP contribution in [0.4, 0.5) is 0 Å². The van der Waals surface area contributed by atoms with Crippen molar-refractivity contribution in [3.8, 4) is 11.5 Å². The van der Waals surface area contributed by atoms with Crippen LogP contribution in [-0.2, 0) is 11.3 Å². The van der Waals surface area contributed by atoms with Gasteiger partial charge in [-0.15, -0.1) is 0 Å². The van der Waals surface area contributed by atoms with Crippen LogP contribution >= 0.6 is 11.8 Å². The molecule has 1 amide bonds. The van der Waals surface area contributed by atoms with E-state index in [2.05, 4.69) is 11.5 Å². The van der Waals surface area contributed by atoms with Crippen LogP contribution in [0.25, 0.3) is 11.0 Å². The number of piperidine rings is 1. The maximum atomic E-state index is 13.1. The predicted molar refractivity (Wildman–Crippen MR) is 124 cm³/mol. The van der Waals surface area contributed by atoms with Gasteiger partial charge in [0.2, 0.25) is 5.91 Å². The molecule has 1 aliphatic rings. The third-order valence-corrected chi connectivity index (χ3v) is 6.62. The van der Waals surface area contributed by atoms with Crippen LogP contribution in [0, 0.1) is 0 Å². The number of nitrogens with zero attached hydrogens (tertiary/aromatic N) is 3. The van der Waals surface area contributed by atoms with Gasteiger partial charge in [0.15, 0.2) is 5.16 Å². The molecule has 1 saturated heterocycles. The van der Waals surface area contributed by atoms with E-state index in [0.29, 0.717) is 19.2 Å². The summed E-state index contributed by atoms with van der Waals surface area (Å²) in [5.41, 5.74) is 1.92. The summed E-state index contributed by atoms with van der Waals surface area (Å²) in [4.78, 5) is 19.9. The fraction of sp³-hybridized carbons (Fsp3) is 0.417. The molecule has 1 atom stereocenters. The molecule has 0 N–H and O–H groups in total. The molecule has 6 nitrogen and oxygen atoms in total. The van der Waals surface area contributed by atoms with Crippen molar-refractivity contribution in [3.63, 3.8) is 0 Å². The van der Waals surface area contributed by atoms with Crippen molar-refractivity contribution in [3.05, 3.63) is 48.5 Å². The number of ether oxygens (including phenoxy) is 2. The molecule has 3 aromatic rings. The normalized spacial score (nSPS) is 16.5. The molecule has 1 aliphatic heterocycles. The average molecular weight is 440 g/mol. The highest BCUT2D eigenvalue weighted by Crippen LogP contribution is 2.26. The molecule has 2 heterocycles. The van der Waals surface area contributed by atoms with Crippen molar-refractivity contribution in [2.24, 2.45) is 0 Å². The Bertz CT molecular complexity index is 1020. The summed E-state index contributed by atoms with van der Waals surface area (Å²) in [5.74, 6) is 2.53. The number of hydrogen-bond acceptors (Lipinski definition) is 5. The molecule has 31 heavy (non-hydrogen) atoms. The van der Waals surface area contributed by atoms with Crippen LogP contribution in [-0.4, -0.2) is 52.4 Å². The van der Waals surface area contributed by atoms with Gasteiger partial charge in [-0.1, -0.05) is 23.9 Å². The number of thioether (sulfide) groups is 1. The highest BCUT2D eigenvalue weighted by atomic mass is 32.2. The largest absolute Gasteiger partial charge is 0.497 e. The minimum absolute atomic E-state index is 0.173. The van der Waals surface area contributed by atoms with Crippen LogP contribution in [0.1, 0.15) is 26.2 Å². The van der Waals surface area contributed by atoms with Crippen molar-refractivity contribution in [1.29, 1.82) is 0 Å². The maximum absolute atomic E-state index is 13.1. The Morgan fingerprint density at radius 1 is 1.13 bits per heavy atom. The molecule has 7 heteroatoms. The molecule has 0 radical (unpaired) electrons. The van der Waals surface area contributed by atoms with Gasteiger partial charge in [0.25, 0.3) is 0 Å². The number of amides is 1. The Morgan fingerprint density at radius 2 is 1.90 bits per heavy atom. The first-order valence-electron chi connectivity index (χ1n) is 10.8. The number of fused-ring (bicyclic) bond motifs is 1. The highest BCUT2D eigenvalue weighted by molar-refractivity contribution is 7.99. The Hall–Kier alpha value is -2.67. The Morgan fingerprint density at radius 3 is 2.68 bits per heavy atom. The molecular formula is C24H29N3O3S. The van der Waals surface area contributed by atoms with E-state index in [0.717, 1.165) is 52.8 Å². The van der Waals surface area contributed by atoms with Crippen molar-refractivity contribution in [1.82, 2.24) is 14.5 Å². The summed E-state index contributed by atoms with van der Waals surface area (Å²) in [5, 5.41) is 0.859. The number of carbonyl (C=O) groups is 1. The molecule has 2 aromatic carbocycles. The van der Waals surface area contributed by atoms with Gasteiger partial charge in [0.05, 0.1) is 24.8 Å². The summed E-state index contributed by atoms with van der Waals surface area (Å²) < 4.78 is 13.1. The number of aromatic nitrogens is 2. The van der Waals surface area contributed by atoms with Gasteiger partial charge in [0.1, 0.15) is 18.0 Å². The van der Waals surface area contributed by atoms with Crippen molar-refractivity contribution >= 4 is 28.7 Å². The van der Waals surface area contributed by atoms with E-state index in [-0.39, 0.29) is 5.91 Å². The van der Waals surface area contributed by atoms with Gasteiger partial charge < -0.3 is 18.9 Å². The molecule has 1 aromatic heterocycles. The number of methoxy groups -OCH3 is 1. The second-order valence-corrected chi connectivity index (χ2v) is 8.84. The maximum Gasteiger partial charge on any atom is 0.242 e. The first kappa shape index (κ1) is 21.6. The monoisotopic (exact) mass is 439 g/mol. The van der Waals surface area contributed by atoms with Crippen LogP contribution in [0.5, 0.6) is 11.5 Å². The summed E-state index contributed by atoms with van der Waals surface area (Å²) in [6, 6.07) is 15.9. The lowest BCUT2D eigenvalue weighted by atomic mass is 10.0. The smallest absolute Gasteiger partial charge is 0.242 e. The Kier molecular flexibility index (Phi) is 7.02. The number of benzene rings is 2. The van der Waals surface area contributed by atoms with Gasteiger partial charge in [-0.25, -0.2) is 4.98 Å². The minimum atomic E-state index is 0.173. The number of para-hydroxylation sites is 2. The molecule has 0 unspecified atom stereocenters. The van der Waals surface area contributed by atoms with Crippen LogP contribution < -0.4 is 9.47 Å². The molecular weight excluding hydrogens is 410 g/mol. The number of imidazole rings is 1. The van der Waals surface area contributed by atoms with Crippen molar-refractivity contribution < 1.29 is 14.3 Å². The first-order chi connectivity index (χ1) is 15.2. The van der Waals surface area contributed by atoms with Crippen LogP contribution in [0.15, 0.2) is 53.7 Å². The van der Waals surface area contributed by atoms with E-state index in [1.165, 1.54) is 6.42 Å². The van der Waals surface area contributed by atoms with Gasteiger partial charge in [0, 0.05) is 18.3 Å². The average Bonchev–Trinajstić information content (AvgIpc) is 3.14.